The van der Waals surface area contributed by atoms with Crippen molar-refractivity contribution in [3.8, 4) is 0 Å². The van der Waals surface area contributed by atoms with Crippen LogP contribution in [0.25, 0.3) is 10.3 Å². The number of rotatable bonds is 0. The summed E-state index contributed by atoms with van der Waals surface area (Å²) in [6.07, 6.45) is 1.54. The standard InChI is InChI=1S/C8H6O2S/c1-5-4-6(9)8-7(11-5)2-3-10-8/h2-4H,1H3. The van der Waals surface area contributed by atoms with Crippen LogP contribution >= 0.6 is 11.3 Å². The Hall–Kier alpha value is -1.09. The summed E-state index contributed by atoms with van der Waals surface area (Å²) in [7, 11) is 0. The van der Waals surface area contributed by atoms with Gasteiger partial charge in [0.2, 0.25) is 5.43 Å². The normalized spacial score (nSPS) is 10.6. The Balaban J connectivity index is 3.02. The van der Waals surface area contributed by atoms with Crippen molar-refractivity contribution in [3.63, 3.8) is 0 Å². The fraction of sp³-hybridized carbons (Fsp3) is 0.125. The van der Waals surface area contributed by atoms with Crippen molar-refractivity contribution in [1.29, 1.82) is 0 Å². The monoisotopic (exact) mass is 166 g/mol. The third-order valence-electron chi connectivity index (χ3n) is 1.46. The highest BCUT2D eigenvalue weighted by atomic mass is 32.1. The molecule has 0 aliphatic carbocycles. The first-order chi connectivity index (χ1) is 5.27. The largest absolute Gasteiger partial charge is 0.459 e. The van der Waals surface area contributed by atoms with Gasteiger partial charge in [0.15, 0.2) is 5.58 Å². The number of furan rings is 1. The fourth-order valence-corrected chi connectivity index (χ4v) is 1.89. The Bertz CT molecular complexity index is 439. The van der Waals surface area contributed by atoms with Crippen molar-refractivity contribution in [2.75, 3.05) is 0 Å². The van der Waals surface area contributed by atoms with E-state index in [0.29, 0.717) is 5.58 Å². The summed E-state index contributed by atoms with van der Waals surface area (Å²) in [4.78, 5) is 12.2. The molecule has 0 unspecified atom stereocenters. The lowest BCUT2D eigenvalue weighted by atomic mass is 10.4. The molecule has 0 fully saturated rings. The summed E-state index contributed by atoms with van der Waals surface area (Å²) in [5.74, 6) is 0. The van der Waals surface area contributed by atoms with Gasteiger partial charge in [0.05, 0.1) is 11.0 Å². The summed E-state index contributed by atoms with van der Waals surface area (Å²) in [6, 6.07) is 3.41. The molecule has 0 spiro atoms. The number of hydrogen-bond acceptors (Lipinski definition) is 3. The van der Waals surface area contributed by atoms with Crippen LogP contribution in [0.3, 0.4) is 0 Å². The zero-order chi connectivity index (χ0) is 7.84. The van der Waals surface area contributed by atoms with Crippen molar-refractivity contribution < 1.29 is 4.42 Å². The van der Waals surface area contributed by atoms with Crippen LogP contribution in [0, 0.1) is 6.92 Å². The van der Waals surface area contributed by atoms with Gasteiger partial charge in [-0.05, 0) is 13.0 Å². The smallest absolute Gasteiger partial charge is 0.223 e. The Morgan fingerprint density at radius 1 is 1.55 bits per heavy atom. The zero-order valence-electron chi connectivity index (χ0n) is 5.96. The zero-order valence-corrected chi connectivity index (χ0v) is 6.77. The van der Waals surface area contributed by atoms with E-state index >= 15 is 0 Å². The van der Waals surface area contributed by atoms with E-state index in [9.17, 15) is 4.79 Å². The van der Waals surface area contributed by atoms with Crippen molar-refractivity contribution >= 4 is 21.6 Å². The molecule has 0 amide bonds. The molecule has 0 atom stereocenters. The first-order valence-electron chi connectivity index (χ1n) is 3.25. The van der Waals surface area contributed by atoms with Gasteiger partial charge in [0.25, 0.3) is 0 Å². The summed E-state index contributed by atoms with van der Waals surface area (Å²) in [5.41, 5.74) is 0.446. The number of fused-ring (bicyclic) bond motifs is 1. The Morgan fingerprint density at radius 2 is 2.36 bits per heavy atom. The molecule has 0 bridgehead atoms. The first-order valence-corrected chi connectivity index (χ1v) is 4.07. The fourth-order valence-electron chi connectivity index (χ4n) is 1.01. The molecule has 2 heterocycles. The van der Waals surface area contributed by atoms with Gasteiger partial charge in [-0.25, -0.2) is 0 Å². The molecule has 0 aromatic carbocycles. The quantitative estimate of drug-likeness (QED) is 0.600. The molecule has 0 aliphatic heterocycles. The highest BCUT2D eigenvalue weighted by molar-refractivity contribution is 7.18. The average molecular weight is 166 g/mol. The molecule has 0 N–H and O–H groups in total. The highest BCUT2D eigenvalue weighted by Gasteiger charge is 2.01. The van der Waals surface area contributed by atoms with E-state index in [4.69, 9.17) is 4.42 Å². The molecule has 11 heavy (non-hydrogen) atoms. The average Bonchev–Trinajstić information content (AvgIpc) is 2.34. The van der Waals surface area contributed by atoms with E-state index in [0.717, 1.165) is 9.58 Å². The molecule has 2 aromatic heterocycles. The summed E-state index contributed by atoms with van der Waals surface area (Å²) in [5, 5.41) is 0. The third-order valence-corrected chi connectivity index (χ3v) is 2.44. The SMILES string of the molecule is Cc1cc(=O)c2occc2s1. The number of aryl methyl sites for hydroxylation is 1. The van der Waals surface area contributed by atoms with Gasteiger partial charge in [-0.3, -0.25) is 4.79 Å². The third kappa shape index (κ3) is 0.973. The molecule has 2 rings (SSSR count). The van der Waals surface area contributed by atoms with Crippen molar-refractivity contribution in [2.24, 2.45) is 0 Å². The predicted molar refractivity (Wildman–Crippen MR) is 45.1 cm³/mol. The van der Waals surface area contributed by atoms with E-state index in [1.54, 1.807) is 23.7 Å². The van der Waals surface area contributed by atoms with Gasteiger partial charge in [-0.1, -0.05) is 0 Å². The predicted octanol–water partition coefficient (Wildman–Crippen LogP) is 2.16. The summed E-state index contributed by atoms with van der Waals surface area (Å²) in [6.45, 7) is 1.92. The molecule has 56 valence electrons. The van der Waals surface area contributed by atoms with Crippen LogP contribution in [0.4, 0.5) is 0 Å². The molecular formula is C8H6O2S. The maximum Gasteiger partial charge on any atom is 0.223 e. The minimum absolute atomic E-state index is 0.0266. The second-order valence-corrected chi connectivity index (χ2v) is 3.62. The van der Waals surface area contributed by atoms with Crippen molar-refractivity contribution in [3.05, 3.63) is 33.5 Å². The molecule has 0 aliphatic rings. The second kappa shape index (κ2) is 2.20. The second-order valence-electron chi connectivity index (χ2n) is 2.34. The van der Waals surface area contributed by atoms with Crippen LogP contribution in [0.2, 0.25) is 0 Å². The van der Waals surface area contributed by atoms with E-state index in [1.165, 1.54) is 0 Å². The van der Waals surface area contributed by atoms with Crippen LogP contribution in [-0.4, -0.2) is 0 Å². The Morgan fingerprint density at radius 3 is 3.18 bits per heavy atom. The molecule has 0 saturated carbocycles. The molecular weight excluding hydrogens is 160 g/mol. The van der Waals surface area contributed by atoms with Gasteiger partial charge in [0, 0.05) is 10.9 Å². The minimum atomic E-state index is -0.0266. The minimum Gasteiger partial charge on any atom is -0.459 e. The van der Waals surface area contributed by atoms with Crippen LogP contribution in [-0.2, 0) is 0 Å². The molecule has 2 nitrogen and oxygen atoms in total. The van der Waals surface area contributed by atoms with Gasteiger partial charge in [-0.2, -0.15) is 0 Å². The van der Waals surface area contributed by atoms with Gasteiger partial charge < -0.3 is 4.42 Å². The maximum atomic E-state index is 11.2. The maximum absolute atomic E-state index is 11.2. The van der Waals surface area contributed by atoms with E-state index < -0.39 is 0 Å². The Labute approximate surface area is 67.1 Å². The number of hydrogen-bond donors (Lipinski definition) is 0. The first kappa shape index (κ1) is 6.61. The lowest BCUT2D eigenvalue weighted by Crippen LogP contribution is -1.95. The van der Waals surface area contributed by atoms with Gasteiger partial charge in [-0.15, -0.1) is 11.3 Å². The van der Waals surface area contributed by atoms with Gasteiger partial charge >= 0.3 is 0 Å². The summed E-state index contributed by atoms with van der Waals surface area (Å²) >= 11 is 1.57. The van der Waals surface area contributed by atoms with Crippen LogP contribution in [0.15, 0.2) is 27.6 Å². The highest BCUT2D eigenvalue weighted by Crippen LogP contribution is 2.18. The molecule has 0 radical (unpaired) electrons. The lowest BCUT2D eigenvalue weighted by Gasteiger charge is -1.87. The van der Waals surface area contributed by atoms with E-state index in [1.807, 2.05) is 13.0 Å². The Kier molecular flexibility index (Phi) is 1.32. The molecule has 0 saturated heterocycles. The summed E-state index contributed by atoms with van der Waals surface area (Å²) < 4.78 is 5.93. The van der Waals surface area contributed by atoms with Gasteiger partial charge in [0.1, 0.15) is 0 Å². The van der Waals surface area contributed by atoms with Crippen LogP contribution < -0.4 is 5.43 Å². The van der Waals surface area contributed by atoms with E-state index in [2.05, 4.69) is 0 Å². The molecule has 3 heteroatoms. The van der Waals surface area contributed by atoms with Crippen molar-refractivity contribution in [2.45, 2.75) is 6.92 Å². The topological polar surface area (TPSA) is 30.2 Å². The lowest BCUT2D eigenvalue weighted by molar-refractivity contribution is 0.613. The van der Waals surface area contributed by atoms with Crippen LogP contribution in [0.1, 0.15) is 4.88 Å². The molecule has 2 aromatic rings. The van der Waals surface area contributed by atoms with Crippen LogP contribution in [0.5, 0.6) is 0 Å². The van der Waals surface area contributed by atoms with E-state index in [-0.39, 0.29) is 5.43 Å². The van der Waals surface area contributed by atoms with Crippen molar-refractivity contribution in [1.82, 2.24) is 0 Å².